The van der Waals surface area contributed by atoms with E-state index in [-0.39, 0.29) is 10.6 Å². The average molecular weight is 436 g/mol. The average Bonchev–Trinajstić information content (AvgIpc) is 3.12. The summed E-state index contributed by atoms with van der Waals surface area (Å²) in [5.74, 6) is -0.895. The number of halogens is 3. The van der Waals surface area contributed by atoms with Crippen molar-refractivity contribution < 1.29 is 27.6 Å². The van der Waals surface area contributed by atoms with Gasteiger partial charge in [-0.15, -0.1) is 11.3 Å². The second kappa shape index (κ2) is 8.15. The molecular formula is C20H15F3N2O4S. The molecule has 0 radical (unpaired) electrons. The summed E-state index contributed by atoms with van der Waals surface area (Å²) in [4.78, 5) is 23.0. The van der Waals surface area contributed by atoms with Crippen LogP contribution in [0, 0.1) is 24.0 Å². The van der Waals surface area contributed by atoms with Crippen LogP contribution in [0.5, 0.6) is 11.5 Å². The van der Waals surface area contributed by atoms with Gasteiger partial charge in [0.1, 0.15) is 4.88 Å². The third-order valence-corrected chi connectivity index (χ3v) is 5.20. The fraction of sp³-hybridized carbons (Fsp3) is 0.150. The molecule has 1 N–H and O–H groups in total. The van der Waals surface area contributed by atoms with Gasteiger partial charge in [0.2, 0.25) is 5.75 Å². The molecule has 10 heteroatoms. The highest BCUT2D eigenvalue weighted by Gasteiger charge is 2.33. The molecule has 30 heavy (non-hydrogen) atoms. The van der Waals surface area contributed by atoms with Gasteiger partial charge < -0.3 is 10.1 Å². The van der Waals surface area contributed by atoms with Crippen LogP contribution in [0.2, 0.25) is 0 Å². The molecule has 3 rings (SSSR count). The van der Waals surface area contributed by atoms with Crippen LogP contribution in [0.4, 0.5) is 24.5 Å². The molecular weight excluding hydrogens is 421 g/mol. The van der Waals surface area contributed by atoms with Crippen molar-refractivity contribution in [3.8, 4) is 11.5 Å². The Morgan fingerprint density at radius 2 is 1.80 bits per heavy atom. The van der Waals surface area contributed by atoms with Gasteiger partial charge in [0, 0.05) is 11.8 Å². The number of nitrogens with zero attached hydrogens (tertiary/aromatic N) is 1. The van der Waals surface area contributed by atoms with Gasteiger partial charge in [-0.3, -0.25) is 14.9 Å². The van der Waals surface area contributed by atoms with E-state index in [1.165, 1.54) is 6.07 Å². The Bertz CT molecular complexity index is 1130. The first-order chi connectivity index (χ1) is 14.1. The topological polar surface area (TPSA) is 81.5 Å². The molecule has 0 saturated heterocycles. The maximum atomic E-state index is 12.9. The van der Waals surface area contributed by atoms with Gasteiger partial charge in [-0.2, -0.15) is 13.2 Å². The molecule has 0 bridgehead atoms. The minimum Gasteiger partial charge on any atom is -0.448 e. The Morgan fingerprint density at radius 3 is 2.43 bits per heavy atom. The van der Waals surface area contributed by atoms with Crippen molar-refractivity contribution in [2.45, 2.75) is 20.0 Å². The molecule has 3 aromatic rings. The van der Waals surface area contributed by atoms with E-state index in [0.29, 0.717) is 17.8 Å². The van der Waals surface area contributed by atoms with Gasteiger partial charge in [-0.25, -0.2) is 0 Å². The number of ether oxygens (including phenoxy) is 1. The highest BCUT2D eigenvalue weighted by atomic mass is 32.1. The first kappa shape index (κ1) is 21.3. The van der Waals surface area contributed by atoms with Crippen LogP contribution in [0.3, 0.4) is 0 Å². The van der Waals surface area contributed by atoms with E-state index in [0.717, 1.165) is 28.5 Å². The highest BCUT2D eigenvalue weighted by molar-refractivity contribution is 7.12. The van der Waals surface area contributed by atoms with Gasteiger partial charge in [0.15, 0.2) is 5.75 Å². The van der Waals surface area contributed by atoms with E-state index < -0.39 is 34.0 Å². The number of nitro benzene ring substituents is 1. The standard InChI is InChI=1S/C20H15F3N2O4S/c1-11-3-5-14(9-12(11)2)24-19(26)18-17(7-8-30-18)29-16-6-4-13(20(21,22)23)10-15(16)25(27)28/h3-10H,1-2H3,(H,24,26). The number of benzene rings is 2. The fourth-order valence-electron chi connectivity index (χ4n) is 2.59. The molecule has 6 nitrogen and oxygen atoms in total. The van der Waals surface area contributed by atoms with Crippen LogP contribution >= 0.6 is 11.3 Å². The van der Waals surface area contributed by atoms with Crippen LogP contribution in [0.15, 0.2) is 47.8 Å². The van der Waals surface area contributed by atoms with Crippen molar-refractivity contribution in [2.24, 2.45) is 0 Å². The van der Waals surface area contributed by atoms with Gasteiger partial charge in [-0.1, -0.05) is 6.07 Å². The molecule has 0 aliphatic carbocycles. The number of carbonyl (C=O) groups excluding carboxylic acids is 1. The number of aryl methyl sites for hydroxylation is 2. The number of carbonyl (C=O) groups is 1. The molecule has 0 aliphatic rings. The van der Waals surface area contributed by atoms with Crippen LogP contribution < -0.4 is 10.1 Å². The highest BCUT2D eigenvalue weighted by Crippen LogP contribution is 2.39. The smallest absolute Gasteiger partial charge is 0.416 e. The summed E-state index contributed by atoms with van der Waals surface area (Å²) in [5, 5.41) is 15.5. The Kier molecular flexibility index (Phi) is 5.79. The van der Waals surface area contributed by atoms with Crippen molar-refractivity contribution in [2.75, 3.05) is 5.32 Å². The number of hydrogen-bond donors (Lipinski definition) is 1. The Morgan fingerprint density at radius 1 is 1.07 bits per heavy atom. The molecule has 1 amide bonds. The number of amides is 1. The molecule has 0 spiro atoms. The predicted molar refractivity (Wildman–Crippen MR) is 106 cm³/mol. The summed E-state index contributed by atoms with van der Waals surface area (Å²) in [7, 11) is 0. The van der Waals surface area contributed by atoms with Crippen LogP contribution in [-0.2, 0) is 6.18 Å². The van der Waals surface area contributed by atoms with Gasteiger partial charge in [0.05, 0.1) is 10.5 Å². The summed E-state index contributed by atoms with van der Waals surface area (Å²) in [6.45, 7) is 3.83. The monoisotopic (exact) mass is 436 g/mol. The zero-order valence-electron chi connectivity index (χ0n) is 15.7. The van der Waals surface area contributed by atoms with Gasteiger partial charge in [0.25, 0.3) is 5.91 Å². The molecule has 0 atom stereocenters. The molecule has 0 fully saturated rings. The SMILES string of the molecule is Cc1ccc(NC(=O)c2sccc2Oc2ccc(C(F)(F)F)cc2[N+](=O)[O-])cc1C. The van der Waals surface area contributed by atoms with Crippen LogP contribution in [0.25, 0.3) is 0 Å². The molecule has 0 saturated carbocycles. The van der Waals surface area contributed by atoms with E-state index in [1.807, 2.05) is 19.9 Å². The lowest BCUT2D eigenvalue weighted by molar-refractivity contribution is -0.385. The molecule has 0 aliphatic heterocycles. The Labute approximate surface area is 173 Å². The molecule has 1 aromatic heterocycles. The van der Waals surface area contributed by atoms with E-state index in [2.05, 4.69) is 5.32 Å². The number of anilines is 1. The summed E-state index contributed by atoms with van der Waals surface area (Å²) >= 11 is 1.04. The van der Waals surface area contributed by atoms with Gasteiger partial charge >= 0.3 is 11.9 Å². The largest absolute Gasteiger partial charge is 0.448 e. The lowest BCUT2D eigenvalue weighted by Crippen LogP contribution is -2.11. The molecule has 0 unspecified atom stereocenters. The zero-order chi connectivity index (χ0) is 22.1. The third-order valence-electron chi connectivity index (χ3n) is 4.30. The minimum atomic E-state index is -4.73. The number of nitro groups is 1. The summed E-state index contributed by atoms with van der Waals surface area (Å²) < 4.78 is 44.0. The molecule has 2 aromatic carbocycles. The number of nitrogens with one attached hydrogen (secondary N) is 1. The van der Waals surface area contributed by atoms with E-state index >= 15 is 0 Å². The summed E-state index contributed by atoms with van der Waals surface area (Å²) in [5.41, 5.74) is 0.581. The maximum absolute atomic E-state index is 12.9. The molecule has 156 valence electrons. The van der Waals surface area contributed by atoms with Crippen molar-refractivity contribution in [1.82, 2.24) is 0 Å². The predicted octanol–water partition coefficient (Wildman–Crippen LogP) is 6.34. The van der Waals surface area contributed by atoms with E-state index in [4.69, 9.17) is 4.74 Å². The van der Waals surface area contributed by atoms with Crippen molar-refractivity contribution in [3.63, 3.8) is 0 Å². The summed E-state index contributed by atoms with van der Waals surface area (Å²) in [6, 6.07) is 8.74. The van der Waals surface area contributed by atoms with E-state index in [9.17, 15) is 28.1 Å². The first-order valence-corrected chi connectivity index (χ1v) is 9.44. The normalized spacial score (nSPS) is 11.2. The van der Waals surface area contributed by atoms with E-state index in [1.54, 1.807) is 17.5 Å². The number of thiophene rings is 1. The van der Waals surface area contributed by atoms with Crippen molar-refractivity contribution in [1.29, 1.82) is 0 Å². The Hall–Kier alpha value is -3.40. The lowest BCUT2D eigenvalue weighted by Gasteiger charge is -2.11. The molecule has 1 heterocycles. The number of hydrogen-bond acceptors (Lipinski definition) is 5. The summed E-state index contributed by atoms with van der Waals surface area (Å²) in [6.07, 6.45) is -4.73. The maximum Gasteiger partial charge on any atom is 0.416 e. The van der Waals surface area contributed by atoms with Crippen molar-refractivity contribution >= 4 is 28.6 Å². The minimum absolute atomic E-state index is 0.00388. The second-order valence-corrected chi connectivity index (χ2v) is 7.32. The second-order valence-electron chi connectivity index (χ2n) is 6.41. The number of rotatable bonds is 5. The van der Waals surface area contributed by atoms with Crippen LogP contribution in [-0.4, -0.2) is 10.8 Å². The zero-order valence-corrected chi connectivity index (χ0v) is 16.6. The lowest BCUT2D eigenvalue weighted by atomic mass is 10.1. The fourth-order valence-corrected chi connectivity index (χ4v) is 3.30. The van der Waals surface area contributed by atoms with Gasteiger partial charge in [-0.05, 0) is 60.7 Å². The number of alkyl halides is 3. The van der Waals surface area contributed by atoms with Crippen molar-refractivity contribution in [3.05, 3.63) is 79.5 Å². The Balaban J connectivity index is 1.87. The third kappa shape index (κ3) is 4.60. The quantitative estimate of drug-likeness (QED) is 0.374. The first-order valence-electron chi connectivity index (χ1n) is 8.56. The van der Waals surface area contributed by atoms with Crippen LogP contribution in [0.1, 0.15) is 26.4 Å².